The molecule has 1 aliphatic rings. The van der Waals surface area contributed by atoms with Gasteiger partial charge in [-0.3, -0.25) is 0 Å². The summed E-state index contributed by atoms with van der Waals surface area (Å²) in [7, 11) is 0. The highest BCUT2D eigenvalue weighted by Gasteiger charge is 2.29. The molecule has 1 N–H and O–H groups in total. The van der Waals surface area contributed by atoms with Gasteiger partial charge in [-0.2, -0.15) is 0 Å². The van der Waals surface area contributed by atoms with Crippen molar-refractivity contribution < 1.29 is 9.53 Å². The molecule has 0 bridgehead atoms. The minimum atomic E-state index is -0.405. The summed E-state index contributed by atoms with van der Waals surface area (Å²) < 4.78 is 5.39. The fourth-order valence-electron chi connectivity index (χ4n) is 2.38. The summed E-state index contributed by atoms with van der Waals surface area (Å²) in [5, 5.41) is 3.56. The molecule has 2 atom stereocenters. The predicted molar refractivity (Wildman–Crippen MR) is 78.3 cm³/mol. The van der Waals surface area contributed by atoms with Gasteiger partial charge in [-0.1, -0.05) is 20.3 Å². The van der Waals surface area contributed by atoms with Crippen molar-refractivity contribution in [3.63, 3.8) is 0 Å². The van der Waals surface area contributed by atoms with Crippen molar-refractivity contribution in [1.29, 1.82) is 0 Å². The van der Waals surface area contributed by atoms with E-state index in [9.17, 15) is 4.79 Å². The Kier molecular flexibility index (Phi) is 6.11. The molecule has 112 valence electrons. The first kappa shape index (κ1) is 16.3. The van der Waals surface area contributed by atoms with Crippen molar-refractivity contribution in [3.8, 4) is 0 Å². The summed E-state index contributed by atoms with van der Waals surface area (Å²) in [6, 6.07) is 0.423. The van der Waals surface area contributed by atoms with E-state index in [1.807, 2.05) is 25.7 Å². The van der Waals surface area contributed by atoms with Gasteiger partial charge in [-0.15, -0.1) is 0 Å². The van der Waals surface area contributed by atoms with Crippen LogP contribution in [0.3, 0.4) is 0 Å². The number of hydrogen-bond donors (Lipinski definition) is 1. The van der Waals surface area contributed by atoms with Crippen LogP contribution in [0, 0.1) is 5.92 Å². The lowest BCUT2D eigenvalue weighted by Crippen LogP contribution is -2.39. The summed E-state index contributed by atoms with van der Waals surface area (Å²) in [5.74, 6) is 0.709. The summed E-state index contributed by atoms with van der Waals surface area (Å²) in [4.78, 5) is 13.7. The van der Waals surface area contributed by atoms with Crippen molar-refractivity contribution in [1.82, 2.24) is 10.2 Å². The van der Waals surface area contributed by atoms with Crippen LogP contribution >= 0.6 is 0 Å². The third-order valence-corrected chi connectivity index (χ3v) is 3.38. The summed E-state index contributed by atoms with van der Waals surface area (Å²) >= 11 is 0. The molecule has 1 saturated heterocycles. The Morgan fingerprint density at radius 2 is 2.16 bits per heavy atom. The van der Waals surface area contributed by atoms with Crippen molar-refractivity contribution in [2.24, 2.45) is 5.92 Å². The molecule has 0 radical (unpaired) electrons. The van der Waals surface area contributed by atoms with Crippen molar-refractivity contribution in [2.45, 2.75) is 65.5 Å². The number of nitrogens with one attached hydrogen (secondary N) is 1. The number of carbonyl (C=O) groups excluding carboxylic acids is 1. The number of amides is 1. The molecular formula is C15H30N2O2. The van der Waals surface area contributed by atoms with E-state index in [4.69, 9.17) is 4.74 Å². The van der Waals surface area contributed by atoms with E-state index in [1.54, 1.807) is 0 Å². The lowest BCUT2D eigenvalue weighted by Gasteiger charge is -2.24. The number of hydrogen-bond acceptors (Lipinski definition) is 3. The molecule has 0 spiro atoms. The maximum absolute atomic E-state index is 11.9. The van der Waals surface area contributed by atoms with Gasteiger partial charge in [0.25, 0.3) is 0 Å². The van der Waals surface area contributed by atoms with Gasteiger partial charge in [-0.05, 0) is 46.1 Å². The largest absolute Gasteiger partial charge is 0.444 e. The SMILES string of the molecule is CCCC(C)CNC1CCN(C(=O)OC(C)(C)C)C1. The van der Waals surface area contributed by atoms with Crippen LogP contribution < -0.4 is 5.32 Å². The van der Waals surface area contributed by atoms with Crippen LogP contribution in [0.2, 0.25) is 0 Å². The van der Waals surface area contributed by atoms with Crippen LogP contribution in [-0.4, -0.2) is 42.3 Å². The van der Waals surface area contributed by atoms with Crippen LogP contribution in [0.1, 0.15) is 53.9 Å². The van der Waals surface area contributed by atoms with Gasteiger partial charge in [0.05, 0.1) is 0 Å². The molecule has 1 heterocycles. The van der Waals surface area contributed by atoms with E-state index in [-0.39, 0.29) is 6.09 Å². The highest BCUT2D eigenvalue weighted by Crippen LogP contribution is 2.15. The van der Waals surface area contributed by atoms with Crippen LogP contribution in [0.4, 0.5) is 4.79 Å². The normalized spacial score (nSPS) is 21.5. The second-order valence-corrected chi connectivity index (χ2v) is 6.71. The van der Waals surface area contributed by atoms with Crippen LogP contribution in [0.25, 0.3) is 0 Å². The van der Waals surface area contributed by atoms with Gasteiger partial charge < -0.3 is 15.0 Å². The van der Waals surface area contributed by atoms with E-state index in [1.165, 1.54) is 12.8 Å². The number of likely N-dealkylation sites (tertiary alicyclic amines) is 1. The molecule has 0 aromatic heterocycles. The second kappa shape index (κ2) is 7.13. The van der Waals surface area contributed by atoms with Crippen molar-refractivity contribution in [2.75, 3.05) is 19.6 Å². The highest BCUT2D eigenvalue weighted by atomic mass is 16.6. The summed E-state index contributed by atoms with van der Waals surface area (Å²) in [5.41, 5.74) is -0.405. The highest BCUT2D eigenvalue weighted by molar-refractivity contribution is 5.68. The molecule has 1 amide bonds. The maximum atomic E-state index is 11.9. The van der Waals surface area contributed by atoms with E-state index in [2.05, 4.69) is 19.2 Å². The van der Waals surface area contributed by atoms with Crippen LogP contribution in [-0.2, 0) is 4.74 Å². The molecule has 0 saturated carbocycles. The van der Waals surface area contributed by atoms with E-state index in [0.29, 0.717) is 12.0 Å². The van der Waals surface area contributed by atoms with E-state index < -0.39 is 5.60 Å². The van der Waals surface area contributed by atoms with Gasteiger partial charge in [0.1, 0.15) is 5.60 Å². The van der Waals surface area contributed by atoms with Gasteiger partial charge in [0.15, 0.2) is 0 Å². The molecule has 0 aromatic rings. The zero-order chi connectivity index (χ0) is 14.5. The Balaban J connectivity index is 2.27. The van der Waals surface area contributed by atoms with Gasteiger partial charge >= 0.3 is 6.09 Å². The fourth-order valence-corrected chi connectivity index (χ4v) is 2.38. The number of carbonyl (C=O) groups is 1. The Bertz CT molecular complexity index is 286. The minimum absolute atomic E-state index is 0.182. The Morgan fingerprint density at radius 3 is 2.74 bits per heavy atom. The lowest BCUT2D eigenvalue weighted by molar-refractivity contribution is 0.0291. The average Bonchev–Trinajstić information content (AvgIpc) is 2.73. The lowest BCUT2D eigenvalue weighted by atomic mass is 10.1. The molecule has 4 nitrogen and oxygen atoms in total. The first-order valence-electron chi connectivity index (χ1n) is 7.53. The first-order valence-corrected chi connectivity index (χ1v) is 7.53. The molecule has 4 heteroatoms. The predicted octanol–water partition coefficient (Wildman–Crippen LogP) is 3.02. The Hall–Kier alpha value is -0.770. The number of nitrogens with zero attached hydrogens (tertiary/aromatic N) is 1. The Labute approximate surface area is 117 Å². The third-order valence-electron chi connectivity index (χ3n) is 3.38. The van der Waals surface area contributed by atoms with Crippen molar-refractivity contribution >= 4 is 6.09 Å². The zero-order valence-corrected chi connectivity index (χ0v) is 13.2. The van der Waals surface area contributed by atoms with Gasteiger partial charge in [-0.25, -0.2) is 4.79 Å². The Morgan fingerprint density at radius 1 is 1.47 bits per heavy atom. The fraction of sp³-hybridized carbons (Fsp3) is 0.933. The molecule has 19 heavy (non-hydrogen) atoms. The molecule has 0 aliphatic carbocycles. The second-order valence-electron chi connectivity index (χ2n) is 6.71. The topological polar surface area (TPSA) is 41.6 Å². The molecule has 1 rings (SSSR count). The minimum Gasteiger partial charge on any atom is -0.444 e. The number of rotatable bonds is 5. The zero-order valence-electron chi connectivity index (χ0n) is 13.2. The molecule has 1 aliphatic heterocycles. The third kappa shape index (κ3) is 6.28. The summed E-state index contributed by atoms with van der Waals surface area (Å²) in [6.07, 6.45) is 3.34. The van der Waals surface area contributed by atoms with E-state index in [0.717, 1.165) is 26.1 Å². The van der Waals surface area contributed by atoms with Gasteiger partial charge in [0, 0.05) is 19.1 Å². The van der Waals surface area contributed by atoms with Crippen molar-refractivity contribution in [3.05, 3.63) is 0 Å². The first-order chi connectivity index (χ1) is 8.81. The van der Waals surface area contributed by atoms with E-state index >= 15 is 0 Å². The average molecular weight is 270 g/mol. The standard InChI is InChI=1S/C15H30N2O2/c1-6-7-12(2)10-16-13-8-9-17(11-13)14(18)19-15(3,4)5/h12-13,16H,6-11H2,1-5H3. The smallest absolute Gasteiger partial charge is 0.410 e. The maximum Gasteiger partial charge on any atom is 0.410 e. The summed E-state index contributed by atoms with van der Waals surface area (Å²) in [6.45, 7) is 12.8. The molecule has 2 unspecified atom stereocenters. The molecular weight excluding hydrogens is 240 g/mol. The van der Waals surface area contributed by atoms with Crippen LogP contribution in [0.15, 0.2) is 0 Å². The molecule has 0 aromatic carbocycles. The van der Waals surface area contributed by atoms with Crippen LogP contribution in [0.5, 0.6) is 0 Å². The number of ether oxygens (including phenoxy) is 1. The molecule has 1 fully saturated rings. The van der Waals surface area contributed by atoms with Gasteiger partial charge in [0.2, 0.25) is 0 Å². The quantitative estimate of drug-likeness (QED) is 0.835. The monoisotopic (exact) mass is 270 g/mol.